The summed E-state index contributed by atoms with van der Waals surface area (Å²) in [5.74, 6) is 1.46. The Morgan fingerprint density at radius 1 is 1.22 bits per heavy atom. The van der Waals surface area contributed by atoms with E-state index < -0.39 is 6.23 Å². The summed E-state index contributed by atoms with van der Waals surface area (Å²) in [6.45, 7) is 3.30. The van der Waals surface area contributed by atoms with Crippen LogP contribution >= 0.6 is 0 Å². The Labute approximate surface area is 239 Å². The number of hydrogen-bond acceptors (Lipinski definition) is 8. The molecule has 1 saturated heterocycles. The molecule has 10 nitrogen and oxygen atoms in total. The molecule has 1 aromatic carbocycles. The third kappa shape index (κ3) is 6.30. The molecule has 1 aliphatic rings. The molecule has 2 atom stereocenters. The fourth-order valence-corrected chi connectivity index (χ4v) is 5.41. The number of amides is 1. The minimum Gasteiger partial charge on any atom is -0.382 e. The molecule has 10 heteroatoms. The van der Waals surface area contributed by atoms with E-state index in [2.05, 4.69) is 27.1 Å². The van der Waals surface area contributed by atoms with Crippen LogP contribution in [0, 0.1) is 0 Å². The first-order valence-electron chi connectivity index (χ1n) is 14.1. The summed E-state index contributed by atoms with van der Waals surface area (Å²) in [7, 11) is 1.62. The Balaban J connectivity index is 1.44. The minimum atomic E-state index is -0.764. The van der Waals surface area contributed by atoms with E-state index in [0.717, 1.165) is 55.6 Å². The Hall–Kier alpha value is -4.12. The molecule has 0 bridgehead atoms. The maximum Gasteiger partial charge on any atom is 0.256 e. The second-order valence-electron chi connectivity index (χ2n) is 10.2. The number of benzene rings is 1. The van der Waals surface area contributed by atoms with E-state index in [4.69, 9.17) is 15.5 Å². The fraction of sp³-hybridized carbons (Fsp3) is 0.355. The SMILES string of the molecule is CCCc1ccnc(NC(=O)c2ccc(-c3nc([C@@H]4CCCCN4C(O)/C=C/COC)n4ccnc(N)c34)cc2)c1. The monoisotopic (exact) mass is 555 g/mol. The van der Waals surface area contributed by atoms with Crippen LogP contribution in [0.1, 0.15) is 60.4 Å². The van der Waals surface area contributed by atoms with Gasteiger partial charge in [-0.3, -0.25) is 14.1 Å². The number of carbonyl (C=O) groups is 1. The summed E-state index contributed by atoms with van der Waals surface area (Å²) in [4.78, 5) is 28.7. The minimum absolute atomic E-state index is 0.116. The number of likely N-dealkylation sites (tertiary alicyclic amines) is 1. The van der Waals surface area contributed by atoms with E-state index in [-0.39, 0.29) is 11.9 Å². The van der Waals surface area contributed by atoms with Crippen molar-refractivity contribution in [3.8, 4) is 11.3 Å². The van der Waals surface area contributed by atoms with Gasteiger partial charge in [0.15, 0.2) is 0 Å². The van der Waals surface area contributed by atoms with Crippen LogP contribution < -0.4 is 11.1 Å². The molecule has 4 aromatic rings. The normalized spacial score (nSPS) is 16.8. The van der Waals surface area contributed by atoms with Gasteiger partial charge in [0.05, 0.1) is 12.6 Å². The number of aromatic nitrogens is 4. The van der Waals surface area contributed by atoms with Gasteiger partial charge in [0.1, 0.15) is 34.9 Å². The van der Waals surface area contributed by atoms with Crippen LogP contribution in [-0.4, -0.2) is 61.8 Å². The van der Waals surface area contributed by atoms with Gasteiger partial charge in [-0.25, -0.2) is 15.0 Å². The smallest absolute Gasteiger partial charge is 0.256 e. The summed E-state index contributed by atoms with van der Waals surface area (Å²) in [6.07, 6.45) is 12.9. The standard InChI is InChI=1S/C31H37N7O3/c1-3-7-21-14-15-33-25(20-21)35-31(40)23-12-10-22(11-13-23)27-28-29(32)34-16-18-38(28)30(36-27)24-8-4-5-17-37(24)26(39)9-6-19-41-2/h6,9-16,18,20,24,26,39H,3-5,7-8,17,19H2,1-2H3,(H2,32,34)(H,33,35,40)/b9-6+/t24-,26?/m0/s1. The number of imidazole rings is 1. The molecule has 41 heavy (non-hydrogen) atoms. The number of aliphatic hydroxyl groups is 1. The van der Waals surface area contributed by atoms with Gasteiger partial charge in [0.25, 0.3) is 5.91 Å². The highest BCUT2D eigenvalue weighted by atomic mass is 16.5. The number of aryl methyl sites for hydroxylation is 1. The molecule has 5 rings (SSSR count). The average Bonchev–Trinajstić information content (AvgIpc) is 3.38. The molecule has 0 radical (unpaired) electrons. The number of rotatable bonds is 10. The summed E-state index contributed by atoms with van der Waals surface area (Å²) in [5, 5.41) is 13.9. The molecule has 4 heterocycles. The Bertz CT molecular complexity index is 1520. The van der Waals surface area contributed by atoms with Gasteiger partial charge < -0.3 is 20.9 Å². The lowest BCUT2D eigenvalue weighted by atomic mass is 10.0. The molecule has 1 amide bonds. The lowest BCUT2D eigenvalue weighted by molar-refractivity contribution is -0.0134. The third-order valence-corrected chi connectivity index (χ3v) is 7.39. The third-order valence-electron chi connectivity index (χ3n) is 7.39. The van der Waals surface area contributed by atoms with Gasteiger partial charge in [-0.05, 0) is 55.2 Å². The number of carbonyl (C=O) groups excluding carboxylic acids is 1. The van der Waals surface area contributed by atoms with Crippen molar-refractivity contribution in [2.24, 2.45) is 0 Å². The molecule has 1 fully saturated rings. The average molecular weight is 556 g/mol. The van der Waals surface area contributed by atoms with Crippen LogP contribution in [0.3, 0.4) is 0 Å². The summed E-state index contributed by atoms with van der Waals surface area (Å²) in [5.41, 5.74) is 10.2. The van der Waals surface area contributed by atoms with Gasteiger partial charge in [0, 0.05) is 43.4 Å². The molecular formula is C31H37N7O3. The number of piperidine rings is 1. The second-order valence-corrected chi connectivity index (χ2v) is 10.2. The number of anilines is 2. The van der Waals surface area contributed by atoms with Crippen LogP contribution in [0.2, 0.25) is 0 Å². The lowest BCUT2D eigenvalue weighted by Gasteiger charge is -2.37. The van der Waals surface area contributed by atoms with E-state index >= 15 is 0 Å². The number of nitrogen functional groups attached to an aromatic ring is 1. The molecule has 4 N–H and O–H groups in total. The topological polar surface area (TPSA) is 131 Å². The predicted molar refractivity (Wildman–Crippen MR) is 159 cm³/mol. The van der Waals surface area contributed by atoms with E-state index in [1.807, 2.05) is 40.9 Å². The highest BCUT2D eigenvalue weighted by Crippen LogP contribution is 2.36. The Morgan fingerprint density at radius 3 is 2.83 bits per heavy atom. The first-order valence-corrected chi connectivity index (χ1v) is 14.1. The van der Waals surface area contributed by atoms with Crippen molar-refractivity contribution in [2.45, 2.75) is 51.3 Å². The van der Waals surface area contributed by atoms with Gasteiger partial charge in [0.2, 0.25) is 0 Å². The molecule has 214 valence electrons. The molecule has 0 saturated carbocycles. The number of nitrogens with two attached hydrogens (primary N) is 1. The molecule has 1 unspecified atom stereocenters. The number of fused-ring (bicyclic) bond motifs is 1. The van der Waals surface area contributed by atoms with Crippen molar-refractivity contribution in [3.05, 3.63) is 84.1 Å². The van der Waals surface area contributed by atoms with E-state index in [1.54, 1.807) is 37.7 Å². The first-order chi connectivity index (χ1) is 20.0. The number of pyridine rings is 1. The summed E-state index contributed by atoms with van der Waals surface area (Å²) in [6, 6.07) is 11.0. The summed E-state index contributed by atoms with van der Waals surface area (Å²) < 4.78 is 7.07. The summed E-state index contributed by atoms with van der Waals surface area (Å²) >= 11 is 0. The van der Waals surface area contributed by atoms with Crippen molar-refractivity contribution in [1.29, 1.82) is 0 Å². The van der Waals surface area contributed by atoms with Gasteiger partial charge in [-0.15, -0.1) is 0 Å². The Kier molecular flexibility index (Phi) is 9.03. The van der Waals surface area contributed by atoms with Crippen LogP contribution in [0.4, 0.5) is 11.6 Å². The van der Waals surface area contributed by atoms with Crippen molar-refractivity contribution in [2.75, 3.05) is 31.3 Å². The van der Waals surface area contributed by atoms with Crippen molar-refractivity contribution in [3.63, 3.8) is 0 Å². The first kappa shape index (κ1) is 28.4. The zero-order valence-electron chi connectivity index (χ0n) is 23.5. The van der Waals surface area contributed by atoms with E-state index in [0.29, 0.717) is 35.0 Å². The predicted octanol–water partition coefficient (Wildman–Crippen LogP) is 4.63. The van der Waals surface area contributed by atoms with E-state index in [1.165, 1.54) is 0 Å². The molecule has 0 aliphatic carbocycles. The van der Waals surface area contributed by atoms with Crippen LogP contribution in [-0.2, 0) is 11.2 Å². The molecule has 1 aliphatic heterocycles. The molecule has 3 aromatic heterocycles. The maximum absolute atomic E-state index is 13.0. The highest BCUT2D eigenvalue weighted by molar-refractivity contribution is 6.04. The van der Waals surface area contributed by atoms with Crippen LogP contribution in [0.25, 0.3) is 16.8 Å². The zero-order valence-corrected chi connectivity index (χ0v) is 23.5. The Morgan fingerprint density at radius 2 is 2.05 bits per heavy atom. The van der Waals surface area contributed by atoms with Crippen molar-refractivity contribution < 1.29 is 14.6 Å². The van der Waals surface area contributed by atoms with Crippen molar-refractivity contribution >= 4 is 23.1 Å². The number of ether oxygens (including phenoxy) is 1. The quantitative estimate of drug-likeness (QED) is 0.242. The largest absolute Gasteiger partial charge is 0.382 e. The zero-order chi connectivity index (χ0) is 28.8. The number of aliphatic hydroxyl groups excluding tert-OH is 1. The molecular weight excluding hydrogens is 518 g/mol. The van der Waals surface area contributed by atoms with Crippen LogP contribution in [0.15, 0.2) is 67.1 Å². The second kappa shape index (κ2) is 13.0. The van der Waals surface area contributed by atoms with E-state index in [9.17, 15) is 9.90 Å². The van der Waals surface area contributed by atoms with Gasteiger partial charge >= 0.3 is 0 Å². The highest BCUT2D eigenvalue weighted by Gasteiger charge is 2.32. The van der Waals surface area contributed by atoms with Crippen molar-refractivity contribution in [1.82, 2.24) is 24.3 Å². The van der Waals surface area contributed by atoms with Gasteiger partial charge in [-0.2, -0.15) is 0 Å². The number of hydrogen-bond donors (Lipinski definition) is 3. The number of methoxy groups -OCH3 is 1. The van der Waals surface area contributed by atoms with Crippen LogP contribution in [0.5, 0.6) is 0 Å². The van der Waals surface area contributed by atoms with Gasteiger partial charge in [-0.1, -0.05) is 38.0 Å². The maximum atomic E-state index is 13.0. The number of nitrogens with one attached hydrogen (secondary N) is 1. The molecule has 0 spiro atoms. The fourth-order valence-electron chi connectivity index (χ4n) is 5.41. The lowest BCUT2D eigenvalue weighted by Crippen LogP contribution is -2.41. The number of nitrogens with zero attached hydrogens (tertiary/aromatic N) is 5.